The highest BCUT2D eigenvalue weighted by Gasteiger charge is 2.40. The zero-order valence-electron chi connectivity index (χ0n) is 15.0. The van der Waals surface area contributed by atoms with Crippen LogP contribution in [-0.4, -0.2) is 26.1 Å². The summed E-state index contributed by atoms with van der Waals surface area (Å²) in [5.41, 5.74) is 2.44. The first-order chi connectivity index (χ1) is 13.2. The highest BCUT2D eigenvalue weighted by Crippen LogP contribution is 2.39. The molecule has 4 nitrogen and oxygen atoms in total. The van der Waals surface area contributed by atoms with E-state index in [1.54, 1.807) is 18.3 Å². The maximum absolute atomic E-state index is 14.5. The van der Waals surface area contributed by atoms with Crippen LogP contribution in [0.4, 0.5) is 4.39 Å². The standard InChI is InChI=1S/C21H21FN4S/c1-2-13-26-20(19(24-21(26)27)16-9-5-6-12-23-16)18-11-7-14-25(18)17-10-4-3-8-15(17)22/h3-12,14,19-20H,2,13H2,1H3,(H,24,27)/t19-,20+/m0/s1. The molecule has 27 heavy (non-hydrogen) atoms. The molecule has 138 valence electrons. The van der Waals surface area contributed by atoms with Crippen molar-refractivity contribution in [2.75, 3.05) is 6.54 Å². The van der Waals surface area contributed by atoms with E-state index in [0.29, 0.717) is 10.8 Å². The quantitative estimate of drug-likeness (QED) is 0.666. The minimum absolute atomic E-state index is 0.0676. The minimum atomic E-state index is -0.250. The molecule has 1 aliphatic rings. The number of hydrogen-bond donors (Lipinski definition) is 1. The first kappa shape index (κ1) is 17.7. The normalized spacial score (nSPS) is 19.3. The number of aromatic nitrogens is 2. The molecule has 3 aromatic rings. The molecule has 2 aromatic heterocycles. The van der Waals surface area contributed by atoms with Gasteiger partial charge in [0.05, 0.1) is 23.5 Å². The Balaban J connectivity index is 1.83. The Bertz CT molecular complexity index is 940. The van der Waals surface area contributed by atoms with E-state index in [9.17, 15) is 4.39 Å². The predicted octanol–water partition coefficient (Wildman–Crippen LogP) is 4.39. The number of nitrogens with zero attached hydrogens (tertiary/aromatic N) is 3. The summed E-state index contributed by atoms with van der Waals surface area (Å²) in [7, 11) is 0. The van der Waals surface area contributed by atoms with E-state index in [4.69, 9.17) is 12.2 Å². The summed E-state index contributed by atoms with van der Waals surface area (Å²) < 4.78 is 16.4. The van der Waals surface area contributed by atoms with Crippen molar-refractivity contribution >= 4 is 17.3 Å². The topological polar surface area (TPSA) is 33.1 Å². The van der Waals surface area contributed by atoms with Gasteiger partial charge in [0.2, 0.25) is 0 Å². The molecule has 0 spiro atoms. The van der Waals surface area contributed by atoms with Crippen LogP contribution >= 0.6 is 12.2 Å². The van der Waals surface area contributed by atoms with Crippen LogP contribution in [0.2, 0.25) is 0 Å². The molecule has 0 bridgehead atoms. The lowest BCUT2D eigenvalue weighted by atomic mass is 10.0. The van der Waals surface area contributed by atoms with Gasteiger partial charge in [-0.15, -0.1) is 0 Å². The predicted molar refractivity (Wildman–Crippen MR) is 108 cm³/mol. The largest absolute Gasteiger partial charge is 0.352 e. The minimum Gasteiger partial charge on any atom is -0.352 e. The van der Waals surface area contributed by atoms with Crippen molar-refractivity contribution in [2.45, 2.75) is 25.4 Å². The number of para-hydroxylation sites is 1. The SMILES string of the molecule is CCCN1C(=S)N[C@@H](c2ccccn2)[C@H]1c1cccn1-c1ccccc1F. The second-order valence-corrected chi connectivity index (χ2v) is 6.96. The van der Waals surface area contributed by atoms with Gasteiger partial charge in [-0.1, -0.05) is 25.1 Å². The summed E-state index contributed by atoms with van der Waals surface area (Å²) in [5, 5.41) is 4.13. The van der Waals surface area contributed by atoms with Crippen molar-refractivity contribution < 1.29 is 4.39 Å². The van der Waals surface area contributed by atoms with Crippen molar-refractivity contribution in [3.05, 3.63) is 84.2 Å². The number of pyridine rings is 1. The third-order valence-electron chi connectivity index (χ3n) is 4.86. The van der Waals surface area contributed by atoms with Gasteiger partial charge < -0.3 is 14.8 Å². The molecule has 3 heterocycles. The molecule has 1 aromatic carbocycles. The molecule has 6 heteroatoms. The summed E-state index contributed by atoms with van der Waals surface area (Å²) in [5.74, 6) is -0.250. The van der Waals surface area contributed by atoms with E-state index in [1.165, 1.54) is 6.07 Å². The molecule has 1 aliphatic heterocycles. The Morgan fingerprint density at radius 2 is 1.93 bits per heavy atom. The van der Waals surface area contributed by atoms with Crippen LogP contribution in [0.5, 0.6) is 0 Å². The third-order valence-corrected chi connectivity index (χ3v) is 5.21. The summed E-state index contributed by atoms with van der Waals surface area (Å²) in [4.78, 5) is 6.72. The first-order valence-corrected chi connectivity index (χ1v) is 9.51. The second kappa shape index (κ2) is 7.48. The molecule has 2 atom stereocenters. The fraction of sp³-hybridized carbons (Fsp3) is 0.238. The maximum Gasteiger partial charge on any atom is 0.170 e. The Morgan fingerprint density at radius 3 is 2.67 bits per heavy atom. The Hall–Kier alpha value is -2.73. The monoisotopic (exact) mass is 380 g/mol. The van der Waals surface area contributed by atoms with Crippen molar-refractivity contribution in [3.8, 4) is 5.69 Å². The van der Waals surface area contributed by atoms with Gasteiger partial charge in [-0.3, -0.25) is 4.98 Å². The van der Waals surface area contributed by atoms with E-state index in [1.807, 2.05) is 47.2 Å². The molecule has 4 rings (SSSR count). The number of hydrogen-bond acceptors (Lipinski definition) is 2. The molecule has 1 saturated heterocycles. The summed E-state index contributed by atoms with van der Waals surface area (Å²) in [6, 6.07) is 16.5. The third kappa shape index (κ3) is 3.21. The highest BCUT2D eigenvalue weighted by atomic mass is 32.1. The number of benzene rings is 1. The van der Waals surface area contributed by atoms with Crippen LogP contribution < -0.4 is 5.32 Å². The van der Waals surface area contributed by atoms with E-state index < -0.39 is 0 Å². The molecule has 0 aliphatic carbocycles. The van der Waals surface area contributed by atoms with Gasteiger partial charge in [0.15, 0.2) is 5.11 Å². The van der Waals surface area contributed by atoms with Gasteiger partial charge in [-0.05, 0) is 55.0 Å². The molecule has 0 radical (unpaired) electrons. The van der Waals surface area contributed by atoms with E-state index in [2.05, 4.69) is 22.1 Å². The molecule has 0 amide bonds. The van der Waals surface area contributed by atoms with Crippen molar-refractivity contribution in [1.29, 1.82) is 0 Å². The zero-order valence-corrected chi connectivity index (χ0v) is 15.9. The van der Waals surface area contributed by atoms with Crippen LogP contribution in [0.15, 0.2) is 67.0 Å². The fourth-order valence-corrected chi connectivity index (χ4v) is 4.04. The van der Waals surface area contributed by atoms with E-state index in [-0.39, 0.29) is 17.9 Å². The lowest BCUT2D eigenvalue weighted by Crippen LogP contribution is -2.31. The van der Waals surface area contributed by atoms with Crippen LogP contribution in [-0.2, 0) is 0 Å². The number of halogens is 1. The van der Waals surface area contributed by atoms with Crippen molar-refractivity contribution in [1.82, 2.24) is 19.8 Å². The van der Waals surface area contributed by atoms with Crippen LogP contribution in [0.3, 0.4) is 0 Å². The summed E-state index contributed by atoms with van der Waals surface area (Å²) >= 11 is 5.62. The average molecular weight is 380 g/mol. The van der Waals surface area contributed by atoms with Gasteiger partial charge in [0.1, 0.15) is 5.82 Å². The second-order valence-electron chi connectivity index (χ2n) is 6.57. The highest BCUT2D eigenvalue weighted by molar-refractivity contribution is 7.80. The van der Waals surface area contributed by atoms with Crippen molar-refractivity contribution in [2.24, 2.45) is 0 Å². The first-order valence-electron chi connectivity index (χ1n) is 9.11. The molecule has 1 fully saturated rings. The molecular weight excluding hydrogens is 359 g/mol. The smallest absolute Gasteiger partial charge is 0.170 e. The van der Waals surface area contributed by atoms with Gasteiger partial charge in [0, 0.05) is 24.6 Å². The zero-order chi connectivity index (χ0) is 18.8. The Labute approximate surface area is 163 Å². The Morgan fingerprint density at radius 1 is 1.11 bits per heavy atom. The molecule has 1 N–H and O–H groups in total. The van der Waals surface area contributed by atoms with Gasteiger partial charge >= 0.3 is 0 Å². The number of nitrogens with one attached hydrogen (secondary N) is 1. The van der Waals surface area contributed by atoms with Gasteiger partial charge in [-0.25, -0.2) is 4.39 Å². The number of rotatable bonds is 5. The fourth-order valence-electron chi connectivity index (χ4n) is 3.71. The van der Waals surface area contributed by atoms with Crippen LogP contribution in [0, 0.1) is 5.82 Å². The molecule has 0 unspecified atom stereocenters. The summed E-state index contributed by atoms with van der Waals surface area (Å²) in [6.07, 6.45) is 4.65. The molecule has 0 saturated carbocycles. The van der Waals surface area contributed by atoms with Crippen LogP contribution in [0.25, 0.3) is 5.69 Å². The van der Waals surface area contributed by atoms with E-state index in [0.717, 1.165) is 24.4 Å². The lowest BCUT2D eigenvalue weighted by molar-refractivity contribution is 0.308. The number of thiocarbonyl (C=S) groups is 1. The average Bonchev–Trinajstić information content (AvgIpc) is 3.28. The summed E-state index contributed by atoms with van der Waals surface area (Å²) in [6.45, 7) is 2.95. The van der Waals surface area contributed by atoms with E-state index >= 15 is 0 Å². The van der Waals surface area contributed by atoms with Crippen molar-refractivity contribution in [3.63, 3.8) is 0 Å². The van der Waals surface area contributed by atoms with Gasteiger partial charge in [-0.2, -0.15) is 0 Å². The van der Waals surface area contributed by atoms with Gasteiger partial charge in [0.25, 0.3) is 0 Å². The lowest BCUT2D eigenvalue weighted by Gasteiger charge is -2.28. The molecular formula is C21H21FN4S. The maximum atomic E-state index is 14.5. The van der Waals surface area contributed by atoms with Crippen LogP contribution in [0.1, 0.15) is 36.8 Å². The Kier molecular flexibility index (Phi) is 4.90.